The number of rotatable bonds is 5. The van der Waals surface area contributed by atoms with Gasteiger partial charge in [-0.1, -0.05) is 32.9 Å². The summed E-state index contributed by atoms with van der Waals surface area (Å²) in [4.78, 5) is 11.8. The molecule has 0 radical (unpaired) electrons. The van der Waals surface area contributed by atoms with E-state index in [1.54, 1.807) is 7.11 Å². The first-order chi connectivity index (χ1) is 8.45. The molecule has 0 aliphatic rings. The van der Waals surface area contributed by atoms with Crippen molar-refractivity contribution in [2.24, 2.45) is 0 Å². The second-order valence-electron chi connectivity index (χ2n) is 5.43. The van der Waals surface area contributed by atoms with Crippen LogP contribution in [-0.2, 0) is 10.2 Å². The molecule has 0 bridgehead atoms. The predicted molar refractivity (Wildman–Crippen MR) is 74.0 cm³/mol. The average Bonchev–Trinajstić information content (AvgIpc) is 2.33. The quantitative estimate of drug-likeness (QED) is 0.815. The molecule has 0 spiro atoms. The Morgan fingerprint density at radius 1 is 1.22 bits per heavy atom. The fraction of sp³-hybridized carbons (Fsp3) is 0.533. The average molecular weight is 249 g/mol. The fourth-order valence-electron chi connectivity index (χ4n) is 1.64. The smallest absolute Gasteiger partial charge is 0.251 e. The third kappa shape index (κ3) is 4.49. The molecule has 1 N–H and O–H groups in total. The van der Waals surface area contributed by atoms with E-state index in [2.05, 4.69) is 26.1 Å². The lowest BCUT2D eigenvalue weighted by molar-refractivity contribution is 0.0948. The molecule has 0 saturated carbocycles. The number of ether oxygens (including phenoxy) is 1. The number of methoxy groups -OCH3 is 1. The minimum Gasteiger partial charge on any atom is -0.385 e. The normalized spacial score (nSPS) is 11.3. The zero-order valence-corrected chi connectivity index (χ0v) is 11.7. The Morgan fingerprint density at radius 3 is 2.33 bits per heavy atom. The van der Waals surface area contributed by atoms with Gasteiger partial charge in [0.2, 0.25) is 0 Å². The van der Waals surface area contributed by atoms with E-state index in [4.69, 9.17) is 4.74 Å². The maximum Gasteiger partial charge on any atom is 0.251 e. The fourth-order valence-corrected chi connectivity index (χ4v) is 1.64. The van der Waals surface area contributed by atoms with Crippen molar-refractivity contribution in [2.45, 2.75) is 32.6 Å². The van der Waals surface area contributed by atoms with Gasteiger partial charge >= 0.3 is 0 Å². The van der Waals surface area contributed by atoms with Crippen LogP contribution in [0.4, 0.5) is 0 Å². The van der Waals surface area contributed by atoms with Gasteiger partial charge in [0.05, 0.1) is 0 Å². The van der Waals surface area contributed by atoms with Crippen molar-refractivity contribution in [3.05, 3.63) is 35.4 Å². The SMILES string of the molecule is COCCCNC(=O)c1ccc(C(C)(C)C)cc1. The first-order valence-corrected chi connectivity index (χ1v) is 6.33. The topological polar surface area (TPSA) is 38.3 Å². The molecule has 3 heteroatoms. The number of hydrogen-bond acceptors (Lipinski definition) is 2. The molecule has 0 heterocycles. The van der Waals surface area contributed by atoms with Crippen LogP contribution >= 0.6 is 0 Å². The molecule has 1 aromatic rings. The summed E-state index contributed by atoms with van der Waals surface area (Å²) in [7, 11) is 1.66. The summed E-state index contributed by atoms with van der Waals surface area (Å²) < 4.78 is 4.93. The minimum absolute atomic E-state index is 0.0217. The third-order valence-electron chi connectivity index (χ3n) is 2.82. The van der Waals surface area contributed by atoms with Crippen LogP contribution in [0.3, 0.4) is 0 Å². The third-order valence-corrected chi connectivity index (χ3v) is 2.82. The maximum absolute atomic E-state index is 11.8. The van der Waals surface area contributed by atoms with Crippen LogP contribution in [-0.4, -0.2) is 26.2 Å². The summed E-state index contributed by atoms with van der Waals surface area (Å²) >= 11 is 0. The number of carbonyl (C=O) groups is 1. The molecule has 0 aromatic heterocycles. The van der Waals surface area contributed by atoms with Crippen LogP contribution in [0.2, 0.25) is 0 Å². The van der Waals surface area contributed by atoms with Crippen LogP contribution in [0.1, 0.15) is 43.1 Å². The van der Waals surface area contributed by atoms with E-state index in [9.17, 15) is 4.79 Å². The van der Waals surface area contributed by atoms with Crippen LogP contribution in [0.15, 0.2) is 24.3 Å². The Balaban J connectivity index is 2.54. The van der Waals surface area contributed by atoms with Gasteiger partial charge in [-0.15, -0.1) is 0 Å². The molecule has 1 aromatic carbocycles. The van der Waals surface area contributed by atoms with Gasteiger partial charge in [-0.25, -0.2) is 0 Å². The number of benzene rings is 1. The van der Waals surface area contributed by atoms with Crippen molar-refractivity contribution in [1.82, 2.24) is 5.32 Å². The summed E-state index contributed by atoms with van der Waals surface area (Å²) in [6.45, 7) is 7.80. The number of carbonyl (C=O) groups excluding carboxylic acids is 1. The van der Waals surface area contributed by atoms with E-state index >= 15 is 0 Å². The van der Waals surface area contributed by atoms with Crippen molar-refractivity contribution in [1.29, 1.82) is 0 Å². The molecular formula is C15H23NO2. The van der Waals surface area contributed by atoms with Crippen LogP contribution < -0.4 is 5.32 Å². The number of nitrogens with one attached hydrogen (secondary N) is 1. The zero-order valence-electron chi connectivity index (χ0n) is 11.7. The summed E-state index contributed by atoms with van der Waals surface area (Å²) in [6, 6.07) is 7.80. The maximum atomic E-state index is 11.8. The Bertz CT molecular complexity index is 376. The van der Waals surface area contributed by atoms with Crippen LogP contribution in [0.25, 0.3) is 0 Å². The van der Waals surface area contributed by atoms with Crippen molar-refractivity contribution < 1.29 is 9.53 Å². The molecule has 0 saturated heterocycles. The first-order valence-electron chi connectivity index (χ1n) is 6.33. The summed E-state index contributed by atoms with van der Waals surface area (Å²) in [6.07, 6.45) is 0.836. The standard InChI is InChI=1S/C15H23NO2/c1-15(2,3)13-8-6-12(7-9-13)14(17)16-10-5-11-18-4/h6-9H,5,10-11H2,1-4H3,(H,16,17). The van der Waals surface area contributed by atoms with Crippen molar-refractivity contribution in [2.75, 3.05) is 20.3 Å². The molecule has 18 heavy (non-hydrogen) atoms. The van der Waals surface area contributed by atoms with Crippen molar-refractivity contribution in [3.63, 3.8) is 0 Å². The summed E-state index contributed by atoms with van der Waals surface area (Å²) in [5.41, 5.74) is 2.06. The van der Waals surface area contributed by atoms with E-state index in [0.717, 1.165) is 6.42 Å². The van der Waals surface area contributed by atoms with E-state index in [1.807, 2.05) is 24.3 Å². The highest BCUT2D eigenvalue weighted by Crippen LogP contribution is 2.22. The van der Waals surface area contributed by atoms with Gasteiger partial charge in [0.25, 0.3) is 5.91 Å². The Morgan fingerprint density at radius 2 is 1.83 bits per heavy atom. The van der Waals surface area contributed by atoms with E-state index < -0.39 is 0 Å². The van der Waals surface area contributed by atoms with E-state index in [-0.39, 0.29) is 11.3 Å². The molecule has 3 nitrogen and oxygen atoms in total. The van der Waals surface area contributed by atoms with Crippen molar-refractivity contribution in [3.8, 4) is 0 Å². The molecule has 100 valence electrons. The molecule has 0 atom stereocenters. The highest BCUT2D eigenvalue weighted by Gasteiger charge is 2.13. The zero-order chi connectivity index (χ0) is 13.6. The molecule has 1 amide bonds. The Kier molecular flexibility index (Phi) is 5.35. The van der Waals surface area contributed by atoms with E-state index in [1.165, 1.54) is 5.56 Å². The lowest BCUT2D eigenvalue weighted by atomic mass is 9.87. The van der Waals surface area contributed by atoms with Gasteiger partial charge in [-0.3, -0.25) is 4.79 Å². The monoisotopic (exact) mass is 249 g/mol. The summed E-state index contributed by atoms with van der Waals surface area (Å²) in [5.74, 6) is -0.0217. The van der Waals surface area contributed by atoms with Gasteiger partial charge in [-0.2, -0.15) is 0 Å². The number of amides is 1. The highest BCUT2D eigenvalue weighted by molar-refractivity contribution is 5.94. The van der Waals surface area contributed by atoms with Crippen molar-refractivity contribution >= 4 is 5.91 Å². The highest BCUT2D eigenvalue weighted by atomic mass is 16.5. The van der Waals surface area contributed by atoms with Gasteiger partial charge in [0.1, 0.15) is 0 Å². The predicted octanol–water partition coefficient (Wildman–Crippen LogP) is 2.75. The van der Waals surface area contributed by atoms with Gasteiger partial charge in [0.15, 0.2) is 0 Å². The van der Waals surface area contributed by atoms with E-state index in [0.29, 0.717) is 18.7 Å². The molecule has 0 unspecified atom stereocenters. The Labute approximate surface area is 110 Å². The largest absolute Gasteiger partial charge is 0.385 e. The summed E-state index contributed by atoms with van der Waals surface area (Å²) in [5, 5.41) is 2.87. The van der Waals surface area contributed by atoms with Crippen LogP contribution in [0.5, 0.6) is 0 Å². The Hall–Kier alpha value is -1.35. The van der Waals surface area contributed by atoms with Crippen LogP contribution in [0, 0.1) is 0 Å². The lowest BCUT2D eigenvalue weighted by Crippen LogP contribution is -2.25. The minimum atomic E-state index is -0.0217. The molecule has 0 aliphatic heterocycles. The molecule has 0 aliphatic carbocycles. The van der Waals surface area contributed by atoms with Gasteiger partial charge < -0.3 is 10.1 Å². The molecular weight excluding hydrogens is 226 g/mol. The lowest BCUT2D eigenvalue weighted by Gasteiger charge is -2.19. The molecule has 1 rings (SSSR count). The second kappa shape index (κ2) is 6.55. The second-order valence-corrected chi connectivity index (χ2v) is 5.43. The number of hydrogen-bond donors (Lipinski definition) is 1. The first kappa shape index (κ1) is 14.7. The van der Waals surface area contributed by atoms with Gasteiger partial charge in [0, 0.05) is 25.8 Å². The molecule has 0 fully saturated rings. The van der Waals surface area contributed by atoms with Gasteiger partial charge in [-0.05, 0) is 29.5 Å².